The van der Waals surface area contributed by atoms with E-state index in [9.17, 15) is 9.59 Å². The first-order valence-electron chi connectivity index (χ1n) is 8.56. The van der Waals surface area contributed by atoms with Gasteiger partial charge in [-0.25, -0.2) is 4.79 Å². The molecule has 1 N–H and O–H groups in total. The number of rotatable bonds is 7. The molecule has 1 amide bonds. The molecule has 1 atom stereocenters. The van der Waals surface area contributed by atoms with Crippen LogP contribution >= 0.6 is 15.9 Å². The second-order valence-corrected chi connectivity index (χ2v) is 7.27. The van der Waals surface area contributed by atoms with Crippen molar-refractivity contribution in [2.75, 3.05) is 6.61 Å². The number of nitrogens with one attached hydrogen (secondary N) is 1. The molecule has 0 saturated carbocycles. The van der Waals surface area contributed by atoms with Crippen molar-refractivity contribution in [1.82, 2.24) is 10.3 Å². The third-order valence-electron chi connectivity index (χ3n) is 4.01. The molecule has 1 aromatic carbocycles. The van der Waals surface area contributed by atoms with Gasteiger partial charge in [0.1, 0.15) is 0 Å². The number of aryl methyl sites for hydroxylation is 1. The molecule has 26 heavy (non-hydrogen) atoms. The monoisotopic (exact) mass is 418 g/mol. The van der Waals surface area contributed by atoms with Gasteiger partial charge in [0, 0.05) is 16.9 Å². The highest BCUT2D eigenvalue weighted by molar-refractivity contribution is 9.10. The molecule has 138 valence electrons. The second-order valence-electron chi connectivity index (χ2n) is 6.35. The SMILES string of the molecule is CCc1ccc([C@H](NC(=O)COC(=O)c2cncc(Br)c2)C(C)C)cc1. The molecule has 1 aromatic heterocycles. The Morgan fingerprint density at radius 2 is 1.88 bits per heavy atom. The van der Waals surface area contributed by atoms with Crippen molar-refractivity contribution >= 4 is 27.8 Å². The van der Waals surface area contributed by atoms with E-state index in [1.807, 2.05) is 26.0 Å². The minimum Gasteiger partial charge on any atom is -0.452 e. The molecule has 6 heteroatoms. The molecule has 0 saturated heterocycles. The van der Waals surface area contributed by atoms with Crippen LogP contribution in [-0.2, 0) is 16.0 Å². The zero-order valence-electron chi connectivity index (χ0n) is 15.2. The maximum atomic E-state index is 12.2. The van der Waals surface area contributed by atoms with Gasteiger partial charge in [-0.05, 0) is 45.5 Å². The van der Waals surface area contributed by atoms with Crippen LogP contribution in [0.1, 0.15) is 48.3 Å². The van der Waals surface area contributed by atoms with E-state index in [0.717, 1.165) is 12.0 Å². The zero-order chi connectivity index (χ0) is 19.1. The topological polar surface area (TPSA) is 68.3 Å². The van der Waals surface area contributed by atoms with Gasteiger partial charge in [0.25, 0.3) is 5.91 Å². The highest BCUT2D eigenvalue weighted by Gasteiger charge is 2.19. The Bertz CT molecular complexity index is 760. The highest BCUT2D eigenvalue weighted by atomic mass is 79.9. The lowest BCUT2D eigenvalue weighted by Crippen LogP contribution is -2.35. The van der Waals surface area contributed by atoms with Gasteiger partial charge in [-0.2, -0.15) is 0 Å². The molecule has 0 aliphatic carbocycles. The number of halogens is 1. The summed E-state index contributed by atoms with van der Waals surface area (Å²) >= 11 is 3.25. The summed E-state index contributed by atoms with van der Waals surface area (Å²) in [6.07, 6.45) is 3.94. The summed E-state index contributed by atoms with van der Waals surface area (Å²) in [5.41, 5.74) is 2.58. The van der Waals surface area contributed by atoms with Crippen molar-refractivity contribution in [2.24, 2.45) is 5.92 Å². The number of amides is 1. The largest absolute Gasteiger partial charge is 0.452 e. The van der Waals surface area contributed by atoms with E-state index in [0.29, 0.717) is 10.0 Å². The first kappa shape index (κ1) is 20.1. The Balaban J connectivity index is 1.96. The standard InChI is InChI=1S/C20H23BrN2O3/c1-4-14-5-7-15(8-6-14)19(13(2)3)23-18(24)12-26-20(25)16-9-17(21)11-22-10-16/h5-11,13,19H,4,12H2,1-3H3,(H,23,24)/t19-/m1/s1. The van der Waals surface area contributed by atoms with Crippen LogP contribution in [0.4, 0.5) is 0 Å². The number of carbonyl (C=O) groups excluding carboxylic acids is 2. The van der Waals surface area contributed by atoms with E-state index < -0.39 is 5.97 Å². The molecule has 0 fully saturated rings. The Hall–Kier alpha value is -2.21. The lowest BCUT2D eigenvalue weighted by molar-refractivity contribution is -0.125. The molecular formula is C20H23BrN2O3. The van der Waals surface area contributed by atoms with Crippen LogP contribution < -0.4 is 5.32 Å². The van der Waals surface area contributed by atoms with E-state index in [2.05, 4.69) is 45.3 Å². The first-order chi connectivity index (χ1) is 12.4. The minimum atomic E-state index is -0.581. The van der Waals surface area contributed by atoms with E-state index >= 15 is 0 Å². The van der Waals surface area contributed by atoms with Gasteiger partial charge in [0.2, 0.25) is 0 Å². The van der Waals surface area contributed by atoms with Gasteiger partial charge >= 0.3 is 5.97 Å². The molecular weight excluding hydrogens is 396 g/mol. The number of pyridine rings is 1. The van der Waals surface area contributed by atoms with Gasteiger partial charge in [0.05, 0.1) is 11.6 Å². The maximum Gasteiger partial charge on any atom is 0.340 e. The Labute approximate surface area is 162 Å². The van der Waals surface area contributed by atoms with Crippen molar-refractivity contribution in [3.05, 3.63) is 63.9 Å². The maximum absolute atomic E-state index is 12.2. The summed E-state index contributed by atoms with van der Waals surface area (Å²) in [4.78, 5) is 28.2. The first-order valence-corrected chi connectivity index (χ1v) is 9.36. The van der Waals surface area contributed by atoms with E-state index in [-0.39, 0.29) is 24.5 Å². The molecule has 0 unspecified atom stereocenters. The lowest BCUT2D eigenvalue weighted by Gasteiger charge is -2.23. The molecule has 0 spiro atoms. The van der Waals surface area contributed by atoms with Crippen LogP contribution in [0.3, 0.4) is 0 Å². The number of aromatic nitrogens is 1. The number of esters is 1. The van der Waals surface area contributed by atoms with Crippen molar-refractivity contribution in [1.29, 1.82) is 0 Å². The van der Waals surface area contributed by atoms with Crippen LogP contribution in [-0.4, -0.2) is 23.5 Å². The number of carbonyl (C=O) groups is 2. The lowest BCUT2D eigenvalue weighted by atomic mass is 9.95. The molecule has 2 rings (SSSR count). The van der Waals surface area contributed by atoms with Crippen molar-refractivity contribution in [3.8, 4) is 0 Å². The quantitative estimate of drug-likeness (QED) is 0.687. The number of nitrogens with zero attached hydrogens (tertiary/aromatic N) is 1. The molecule has 0 radical (unpaired) electrons. The van der Waals surface area contributed by atoms with Crippen LogP contribution in [0.5, 0.6) is 0 Å². The Morgan fingerprint density at radius 3 is 2.46 bits per heavy atom. The zero-order valence-corrected chi connectivity index (χ0v) is 16.7. The summed E-state index contributed by atoms with van der Waals surface area (Å²) in [5.74, 6) is -0.710. The fraction of sp³-hybridized carbons (Fsp3) is 0.350. The predicted octanol–water partition coefficient (Wildman–Crippen LogP) is 4.08. The molecule has 0 aliphatic heterocycles. The van der Waals surface area contributed by atoms with E-state index in [1.54, 1.807) is 12.3 Å². The van der Waals surface area contributed by atoms with Gasteiger partial charge < -0.3 is 10.1 Å². The van der Waals surface area contributed by atoms with E-state index in [1.165, 1.54) is 11.8 Å². The van der Waals surface area contributed by atoms with Gasteiger partial charge in [-0.15, -0.1) is 0 Å². The summed E-state index contributed by atoms with van der Waals surface area (Å²) in [7, 11) is 0. The van der Waals surface area contributed by atoms with Gasteiger partial charge in [0.15, 0.2) is 6.61 Å². The van der Waals surface area contributed by atoms with Crippen LogP contribution in [0, 0.1) is 5.92 Å². The molecule has 5 nitrogen and oxygen atoms in total. The minimum absolute atomic E-state index is 0.139. The Kier molecular flexibility index (Phi) is 7.33. The van der Waals surface area contributed by atoms with Crippen LogP contribution in [0.25, 0.3) is 0 Å². The number of ether oxygens (including phenoxy) is 1. The third-order valence-corrected chi connectivity index (χ3v) is 4.44. The normalized spacial score (nSPS) is 11.9. The van der Waals surface area contributed by atoms with Crippen LogP contribution in [0.15, 0.2) is 47.2 Å². The number of benzene rings is 1. The van der Waals surface area contributed by atoms with Gasteiger partial charge in [-0.3, -0.25) is 9.78 Å². The van der Waals surface area contributed by atoms with Crippen molar-refractivity contribution in [2.45, 2.75) is 33.2 Å². The number of hydrogen-bond donors (Lipinski definition) is 1. The average Bonchev–Trinajstić information content (AvgIpc) is 2.64. The summed E-state index contributed by atoms with van der Waals surface area (Å²) in [6.45, 7) is 5.85. The average molecular weight is 419 g/mol. The fourth-order valence-corrected chi connectivity index (χ4v) is 2.91. The van der Waals surface area contributed by atoms with E-state index in [4.69, 9.17) is 4.74 Å². The molecule has 1 heterocycles. The molecule has 0 aliphatic rings. The summed E-state index contributed by atoms with van der Waals surface area (Å²) in [6, 6.07) is 9.65. The summed E-state index contributed by atoms with van der Waals surface area (Å²) < 4.78 is 5.76. The highest BCUT2D eigenvalue weighted by Crippen LogP contribution is 2.22. The predicted molar refractivity (Wildman–Crippen MR) is 104 cm³/mol. The molecule has 0 bridgehead atoms. The van der Waals surface area contributed by atoms with Crippen LogP contribution in [0.2, 0.25) is 0 Å². The molecule has 2 aromatic rings. The third kappa shape index (κ3) is 5.66. The second kappa shape index (κ2) is 9.48. The summed E-state index contributed by atoms with van der Waals surface area (Å²) in [5, 5.41) is 2.95. The van der Waals surface area contributed by atoms with Crippen molar-refractivity contribution in [3.63, 3.8) is 0 Å². The fourth-order valence-electron chi connectivity index (χ4n) is 2.55. The smallest absolute Gasteiger partial charge is 0.340 e. The van der Waals surface area contributed by atoms with Gasteiger partial charge in [-0.1, -0.05) is 45.0 Å². The van der Waals surface area contributed by atoms with Crippen molar-refractivity contribution < 1.29 is 14.3 Å². The number of hydrogen-bond acceptors (Lipinski definition) is 4. The Morgan fingerprint density at radius 1 is 1.19 bits per heavy atom.